The Bertz CT molecular complexity index is 793. The summed E-state index contributed by atoms with van der Waals surface area (Å²) in [4.78, 5) is 9.43. The maximum atomic E-state index is 5.97. The van der Waals surface area contributed by atoms with E-state index in [0.717, 1.165) is 36.1 Å². The zero-order valence-electron chi connectivity index (χ0n) is 23.4. The first kappa shape index (κ1) is 28.7. The summed E-state index contributed by atoms with van der Waals surface area (Å²) in [7, 11) is 0. The SMILES string of the molecule is CCCCCCCCCCCCOc1ccc(-c2ncc(C3CCC(CCCCC)CC3)cn2)cc1. The van der Waals surface area contributed by atoms with E-state index in [-0.39, 0.29) is 0 Å². The molecule has 3 rings (SSSR count). The van der Waals surface area contributed by atoms with E-state index in [4.69, 9.17) is 14.7 Å². The molecule has 1 aromatic carbocycles. The molecule has 1 heterocycles. The number of rotatable bonds is 18. The van der Waals surface area contributed by atoms with E-state index < -0.39 is 0 Å². The lowest BCUT2D eigenvalue weighted by atomic mass is 9.77. The van der Waals surface area contributed by atoms with E-state index >= 15 is 0 Å². The summed E-state index contributed by atoms with van der Waals surface area (Å²) in [5, 5.41) is 0. The Hall–Kier alpha value is -1.90. The predicted molar refractivity (Wildman–Crippen MR) is 154 cm³/mol. The van der Waals surface area contributed by atoms with Crippen LogP contribution < -0.4 is 4.74 Å². The summed E-state index contributed by atoms with van der Waals surface area (Å²) in [6.45, 7) is 5.38. The third-order valence-electron chi connectivity index (χ3n) is 8.09. The number of ether oxygens (including phenoxy) is 1. The second-order valence-electron chi connectivity index (χ2n) is 11.1. The van der Waals surface area contributed by atoms with E-state index in [0.29, 0.717) is 5.92 Å². The molecule has 1 saturated carbocycles. The van der Waals surface area contributed by atoms with Gasteiger partial charge in [-0.25, -0.2) is 9.97 Å². The van der Waals surface area contributed by atoms with E-state index in [1.807, 2.05) is 0 Å². The van der Waals surface area contributed by atoms with Crippen molar-refractivity contribution < 1.29 is 4.74 Å². The summed E-state index contributed by atoms with van der Waals surface area (Å²) in [6.07, 6.45) is 28.5. The lowest BCUT2D eigenvalue weighted by molar-refractivity contribution is 0.302. The van der Waals surface area contributed by atoms with Crippen LogP contribution in [0.5, 0.6) is 5.75 Å². The third kappa shape index (κ3) is 10.6. The Morgan fingerprint density at radius 3 is 1.83 bits per heavy atom. The largest absolute Gasteiger partial charge is 0.494 e. The van der Waals surface area contributed by atoms with Gasteiger partial charge >= 0.3 is 0 Å². The predicted octanol–water partition coefficient (Wildman–Crippen LogP) is 10.3. The summed E-state index contributed by atoms with van der Waals surface area (Å²) in [5.74, 6) is 3.34. The molecule has 2 aromatic rings. The van der Waals surface area contributed by atoms with E-state index in [9.17, 15) is 0 Å². The van der Waals surface area contributed by atoms with E-state index in [1.54, 1.807) is 0 Å². The zero-order valence-corrected chi connectivity index (χ0v) is 23.4. The fraction of sp³-hybridized carbons (Fsp3) is 0.697. The van der Waals surface area contributed by atoms with Crippen molar-refractivity contribution in [3.05, 3.63) is 42.2 Å². The summed E-state index contributed by atoms with van der Waals surface area (Å²) in [6, 6.07) is 8.29. The molecule has 0 aliphatic heterocycles. The smallest absolute Gasteiger partial charge is 0.159 e. The Morgan fingerprint density at radius 2 is 1.22 bits per heavy atom. The van der Waals surface area contributed by atoms with Gasteiger partial charge in [0.15, 0.2) is 5.82 Å². The van der Waals surface area contributed by atoms with E-state index in [1.165, 1.54) is 115 Å². The average Bonchev–Trinajstić information content (AvgIpc) is 2.93. The van der Waals surface area contributed by atoms with Crippen molar-refractivity contribution in [1.82, 2.24) is 9.97 Å². The van der Waals surface area contributed by atoms with Crippen molar-refractivity contribution in [2.45, 2.75) is 135 Å². The molecule has 36 heavy (non-hydrogen) atoms. The van der Waals surface area contributed by atoms with Crippen LogP contribution in [0.1, 0.15) is 141 Å². The Kier molecular flexibility index (Phi) is 14.0. The van der Waals surface area contributed by atoms with Crippen molar-refractivity contribution in [2.75, 3.05) is 6.61 Å². The average molecular weight is 493 g/mol. The molecule has 0 bridgehead atoms. The molecule has 3 heteroatoms. The second-order valence-corrected chi connectivity index (χ2v) is 11.1. The Labute approximate surface area is 221 Å². The van der Waals surface area contributed by atoms with Crippen LogP contribution in [0.15, 0.2) is 36.7 Å². The highest BCUT2D eigenvalue weighted by molar-refractivity contribution is 5.56. The van der Waals surface area contributed by atoms with Crippen molar-refractivity contribution in [1.29, 1.82) is 0 Å². The number of hydrogen-bond donors (Lipinski definition) is 0. The fourth-order valence-corrected chi connectivity index (χ4v) is 5.65. The van der Waals surface area contributed by atoms with Crippen molar-refractivity contribution in [3.8, 4) is 17.1 Å². The number of benzene rings is 1. The minimum Gasteiger partial charge on any atom is -0.494 e. The van der Waals surface area contributed by atoms with Gasteiger partial charge in [-0.05, 0) is 73.8 Å². The Balaban J connectivity index is 1.30. The van der Waals surface area contributed by atoms with Gasteiger partial charge in [-0.15, -0.1) is 0 Å². The van der Waals surface area contributed by atoms with Gasteiger partial charge in [-0.2, -0.15) is 0 Å². The molecule has 3 nitrogen and oxygen atoms in total. The lowest BCUT2D eigenvalue weighted by Gasteiger charge is -2.28. The minimum absolute atomic E-state index is 0.642. The highest BCUT2D eigenvalue weighted by Crippen LogP contribution is 2.37. The molecular weight excluding hydrogens is 440 g/mol. The summed E-state index contributed by atoms with van der Waals surface area (Å²) in [5.41, 5.74) is 2.38. The van der Waals surface area contributed by atoms with Crippen molar-refractivity contribution in [3.63, 3.8) is 0 Å². The van der Waals surface area contributed by atoms with Crippen molar-refractivity contribution in [2.24, 2.45) is 5.92 Å². The first-order valence-corrected chi connectivity index (χ1v) is 15.3. The molecule has 200 valence electrons. The third-order valence-corrected chi connectivity index (χ3v) is 8.09. The number of aromatic nitrogens is 2. The minimum atomic E-state index is 0.642. The number of nitrogens with zero attached hydrogens (tertiary/aromatic N) is 2. The van der Waals surface area contributed by atoms with Crippen LogP contribution in [0.2, 0.25) is 0 Å². The van der Waals surface area contributed by atoms with Crippen LogP contribution in [0.25, 0.3) is 11.4 Å². The normalized spacial score (nSPS) is 17.8. The maximum Gasteiger partial charge on any atom is 0.159 e. The molecule has 0 saturated heterocycles. The van der Waals surface area contributed by atoms with Gasteiger partial charge in [0.05, 0.1) is 6.61 Å². The number of hydrogen-bond acceptors (Lipinski definition) is 3. The van der Waals surface area contributed by atoms with Gasteiger partial charge in [0, 0.05) is 18.0 Å². The molecule has 1 aromatic heterocycles. The molecule has 1 fully saturated rings. The molecule has 0 spiro atoms. The number of unbranched alkanes of at least 4 members (excludes halogenated alkanes) is 11. The van der Waals surface area contributed by atoms with Crippen LogP contribution in [-0.2, 0) is 0 Å². The first-order chi connectivity index (χ1) is 17.8. The summed E-state index contributed by atoms with van der Waals surface area (Å²) < 4.78 is 5.97. The molecule has 0 unspecified atom stereocenters. The molecule has 0 radical (unpaired) electrons. The van der Waals surface area contributed by atoms with Gasteiger partial charge in [-0.1, -0.05) is 97.3 Å². The first-order valence-electron chi connectivity index (χ1n) is 15.3. The van der Waals surface area contributed by atoms with E-state index in [2.05, 4.69) is 50.5 Å². The fourth-order valence-electron chi connectivity index (χ4n) is 5.65. The molecule has 0 N–H and O–H groups in total. The molecule has 1 aliphatic rings. The highest BCUT2D eigenvalue weighted by atomic mass is 16.5. The molecule has 0 atom stereocenters. The van der Waals surface area contributed by atoms with Crippen LogP contribution in [0.4, 0.5) is 0 Å². The van der Waals surface area contributed by atoms with Crippen LogP contribution in [0.3, 0.4) is 0 Å². The standard InChI is InChI=1S/C33H52N2O/c1-3-5-7-8-9-10-11-12-13-15-25-36-32-23-21-30(22-24-32)33-34-26-31(27-35-33)29-19-17-28(18-20-29)16-14-6-4-2/h21-24,26-29H,3-20,25H2,1-2H3. The molecule has 1 aliphatic carbocycles. The summed E-state index contributed by atoms with van der Waals surface area (Å²) >= 11 is 0. The molecular formula is C33H52N2O. The second kappa shape index (κ2) is 17.5. The topological polar surface area (TPSA) is 35.0 Å². The quantitative estimate of drug-likeness (QED) is 0.194. The zero-order chi connectivity index (χ0) is 25.3. The van der Waals surface area contributed by atoms with Crippen LogP contribution in [0, 0.1) is 5.92 Å². The Morgan fingerprint density at radius 1 is 0.667 bits per heavy atom. The van der Waals surface area contributed by atoms with Gasteiger partial charge in [0.1, 0.15) is 5.75 Å². The van der Waals surface area contributed by atoms with Crippen LogP contribution >= 0.6 is 0 Å². The van der Waals surface area contributed by atoms with Crippen molar-refractivity contribution >= 4 is 0 Å². The lowest BCUT2D eigenvalue weighted by Crippen LogP contribution is -2.14. The van der Waals surface area contributed by atoms with Crippen LogP contribution in [-0.4, -0.2) is 16.6 Å². The van der Waals surface area contributed by atoms with Gasteiger partial charge < -0.3 is 4.74 Å². The van der Waals surface area contributed by atoms with Gasteiger partial charge in [0.2, 0.25) is 0 Å². The highest BCUT2D eigenvalue weighted by Gasteiger charge is 2.22. The maximum absolute atomic E-state index is 5.97. The monoisotopic (exact) mass is 492 g/mol. The van der Waals surface area contributed by atoms with Gasteiger partial charge in [-0.3, -0.25) is 0 Å². The molecule has 0 amide bonds. The van der Waals surface area contributed by atoms with Gasteiger partial charge in [0.25, 0.3) is 0 Å².